The molecule has 9 nitrogen and oxygen atoms in total. The lowest BCUT2D eigenvalue weighted by molar-refractivity contribution is -0.122. The van der Waals surface area contributed by atoms with Crippen molar-refractivity contribution in [2.24, 2.45) is 0 Å². The summed E-state index contributed by atoms with van der Waals surface area (Å²) in [4.78, 5) is 37.0. The predicted molar refractivity (Wildman–Crippen MR) is 137 cm³/mol. The second kappa shape index (κ2) is 10.1. The molecule has 3 aliphatic heterocycles. The van der Waals surface area contributed by atoms with Crippen molar-refractivity contribution < 1.29 is 19.1 Å². The van der Waals surface area contributed by atoms with Crippen molar-refractivity contribution in [3.05, 3.63) is 70.9 Å². The molecule has 190 valence electrons. The van der Waals surface area contributed by atoms with E-state index in [1.165, 1.54) is 11.8 Å². The summed E-state index contributed by atoms with van der Waals surface area (Å²) in [7, 11) is 0. The standard InChI is InChI=1S/C28H29N5O4/c34-25(31-22-6-3-4-12-29-26(22)35)21-16-30-28(33-13-10-19-5-1-2-7-23(19)33)32-27(21)37-17-18-8-9-24-20(15-18)11-14-36-24/h1-2,5,7-9,15-16,22H,3-4,6,10-14,17H2,(H,29,35)(H,31,34). The Kier molecular flexibility index (Phi) is 6.34. The quantitative estimate of drug-likeness (QED) is 0.537. The third-order valence-corrected chi connectivity index (χ3v) is 7.08. The smallest absolute Gasteiger partial charge is 0.259 e. The van der Waals surface area contributed by atoms with Crippen molar-refractivity contribution >= 4 is 23.5 Å². The minimum atomic E-state index is -0.593. The fourth-order valence-corrected chi connectivity index (χ4v) is 5.09. The van der Waals surface area contributed by atoms with E-state index in [4.69, 9.17) is 14.5 Å². The van der Waals surface area contributed by atoms with Crippen LogP contribution in [0.5, 0.6) is 11.6 Å². The third kappa shape index (κ3) is 4.81. The van der Waals surface area contributed by atoms with Gasteiger partial charge in [-0.05, 0) is 60.6 Å². The Morgan fingerprint density at radius 2 is 2.08 bits per heavy atom. The highest BCUT2D eigenvalue weighted by molar-refractivity contribution is 5.99. The van der Waals surface area contributed by atoms with E-state index in [1.807, 2.05) is 35.2 Å². The van der Waals surface area contributed by atoms with Gasteiger partial charge in [-0.3, -0.25) is 9.59 Å². The average molecular weight is 500 g/mol. The number of fused-ring (bicyclic) bond motifs is 2. The predicted octanol–water partition coefficient (Wildman–Crippen LogP) is 3.08. The summed E-state index contributed by atoms with van der Waals surface area (Å²) in [6.45, 7) is 2.30. The van der Waals surface area contributed by atoms with Gasteiger partial charge in [0.05, 0.1) is 6.61 Å². The highest BCUT2D eigenvalue weighted by Crippen LogP contribution is 2.34. The Hall–Kier alpha value is -4.14. The zero-order valence-electron chi connectivity index (χ0n) is 20.5. The number of benzene rings is 2. The highest BCUT2D eigenvalue weighted by atomic mass is 16.5. The molecule has 1 fully saturated rings. The van der Waals surface area contributed by atoms with E-state index in [0.29, 0.717) is 25.5 Å². The topological polar surface area (TPSA) is 106 Å². The molecule has 3 aromatic rings. The van der Waals surface area contributed by atoms with Crippen LogP contribution in [0.1, 0.15) is 46.3 Å². The minimum Gasteiger partial charge on any atom is -0.493 e. The molecular formula is C28H29N5O4. The van der Waals surface area contributed by atoms with E-state index in [2.05, 4.69) is 27.8 Å². The lowest BCUT2D eigenvalue weighted by atomic mass is 10.1. The lowest BCUT2D eigenvalue weighted by Crippen LogP contribution is -2.45. The number of carbonyl (C=O) groups is 2. The molecule has 1 saturated heterocycles. The zero-order chi connectivity index (χ0) is 25.2. The van der Waals surface area contributed by atoms with E-state index < -0.39 is 11.9 Å². The SMILES string of the molecule is O=C(NC1CCCCNC1=O)c1cnc(N2CCc3ccccc32)nc1OCc1ccc2c(c1)CCO2. The van der Waals surface area contributed by atoms with Crippen molar-refractivity contribution in [3.63, 3.8) is 0 Å². The molecule has 0 saturated carbocycles. The largest absolute Gasteiger partial charge is 0.493 e. The fraction of sp³-hybridized carbons (Fsp3) is 0.357. The summed E-state index contributed by atoms with van der Waals surface area (Å²) in [5.41, 5.74) is 4.60. The van der Waals surface area contributed by atoms with E-state index in [0.717, 1.165) is 54.8 Å². The molecular weight excluding hydrogens is 470 g/mol. The van der Waals surface area contributed by atoms with Crippen LogP contribution in [0.25, 0.3) is 0 Å². The molecule has 1 unspecified atom stereocenters. The molecule has 0 spiro atoms. The normalized spacial score (nSPS) is 18.3. The second-order valence-electron chi connectivity index (χ2n) is 9.56. The van der Waals surface area contributed by atoms with Gasteiger partial charge in [0.1, 0.15) is 24.0 Å². The van der Waals surface area contributed by atoms with Gasteiger partial charge in [0, 0.05) is 31.4 Å². The van der Waals surface area contributed by atoms with Gasteiger partial charge in [0.2, 0.25) is 17.7 Å². The molecule has 1 atom stereocenters. The van der Waals surface area contributed by atoms with Crippen molar-refractivity contribution in [1.82, 2.24) is 20.6 Å². The van der Waals surface area contributed by atoms with Crippen molar-refractivity contribution in [2.75, 3.05) is 24.6 Å². The second-order valence-corrected chi connectivity index (χ2v) is 9.56. The van der Waals surface area contributed by atoms with Gasteiger partial charge in [0.15, 0.2) is 0 Å². The van der Waals surface area contributed by atoms with Crippen molar-refractivity contribution in [1.29, 1.82) is 0 Å². The molecule has 0 radical (unpaired) electrons. The van der Waals surface area contributed by atoms with Gasteiger partial charge < -0.3 is 25.0 Å². The first kappa shape index (κ1) is 23.3. The number of rotatable bonds is 6. The summed E-state index contributed by atoms with van der Waals surface area (Å²) in [5, 5.41) is 5.72. The number of amides is 2. The van der Waals surface area contributed by atoms with Crippen LogP contribution in [0, 0.1) is 0 Å². The highest BCUT2D eigenvalue weighted by Gasteiger charge is 2.28. The van der Waals surface area contributed by atoms with E-state index >= 15 is 0 Å². The Balaban J connectivity index is 1.28. The molecule has 3 aliphatic rings. The average Bonchev–Trinajstić information content (AvgIpc) is 3.52. The molecule has 0 bridgehead atoms. The van der Waals surface area contributed by atoms with Gasteiger partial charge in [0.25, 0.3) is 5.91 Å². The summed E-state index contributed by atoms with van der Waals surface area (Å²) in [5.74, 6) is 0.985. The molecule has 37 heavy (non-hydrogen) atoms. The van der Waals surface area contributed by atoms with Gasteiger partial charge >= 0.3 is 0 Å². The number of nitrogens with one attached hydrogen (secondary N) is 2. The van der Waals surface area contributed by atoms with Crippen LogP contribution >= 0.6 is 0 Å². The summed E-state index contributed by atoms with van der Waals surface area (Å²) in [6.07, 6.45) is 5.61. The monoisotopic (exact) mass is 499 g/mol. The maximum atomic E-state index is 13.3. The molecule has 1 aromatic heterocycles. The van der Waals surface area contributed by atoms with Gasteiger partial charge in [-0.25, -0.2) is 4.98 Å². The van der Waals surface area contributed by atoms with Crippen LogP contribution < -0.4 is 25.0 Å². The van der Waals surface area contributed by atoms with Crippen molar-refractivity contribution in [2.45, 2.75) is 44.8 Å². The molecule has 2 aromatic carbocycles. The summed E-state index contributed by atoms with van der Waals surface area (Å²) >= 11 is 0. The number of hydrogen-bond donors (Lipinski definition) is 2. The summed E-state index contributed by atoms with van der Waals surface area (Å²) in [6, 6.07) is 13.5. The Bertz CT molecular complexity index is 1340. The fourth-order valence-electron chi connectivity index (χ4n) is 5.09. The van der Waals surface area contributed by atoms with Gasteiger partial charge in [-0.2, -0.15) is 4.98 Å². The summed E-state index contributed by atoms with van der Waals surface area (Å²) < 4.78 is 11.8. The zero-order valence-corrected chi connectivity index (χ0v) is 20.5. The number of para-hydroxylation sites is 1. The van der Waals surface area contributed by atoms with Crippen LogP contribution in [-0.4, -0.2) is 47.5 Å². The maximum Gasteiger partial charge on any atom is 0.259 e. The van der Waals surface area contributed by atoms with E-state index in [-0.39, 0.29) is 24.0 Å². The van der Waals surface area contributed by atoms with Crippen molar-refractivity contribution in [3.8, 4) is 11.6 Å². The number of nitrogens with zero attached hydrogens (tertiary/aromatic N) is 3. The molecule has 2 amide bonds. The molecule has 9 heteroatoms. The van der Waals surface area contributed by atoms with Crippen LogP contribution in [0.15, 0.2) is 48.7 Å². The van der Waals surface area contributed by atoms with Crippen LogP contribution in [0.2, 0.25) is 0 Å². The van der Waals surface area contributed by atoms with E-state index in [9.17, 15) is 9.59 Å². The van der Waals surface area contributed by atoms with E-state index in [1.54, 1.807) is 0 Å². The van der Waals surface area contributed by atoms with Crippen LogP contribution in [-0.2, 0) is 24.2 Å². The number of hydrogen-bond acceptors (Lipinski definition) is 7. The number of anilines is 2. The molecule has 4 heterocycles. The Morgan fingerprint density at radius 3 is 3.03 bits per heavy atom. The number of ether oxygens (including phenoxy) is 2. The molecule has 0 aliphatic carbocycles. The minimum absolute atomic E-state index is 0.167. The Labute approximate surface area is 215 Å². The van der Waals surface area contributed by atoms with Crippen LogP contribution in [0.4, 0.5) is 11.6 Å². The number of aromatic nitrogens is 2. The first-order valence-electron chi connectivity index (χ1n) is 12.8. The van der Waals surface area contributed by atoms with Gasteiger partial charge in [-0.1, -0.05) is 24.3 Å². The first-order valence-corrected chi connectivity index (χ1v) is 12.8. The third-order valence-electron chi connectivity index (χ3n) is 7.08. The molecule has 6 rings (SSSR count). The van der Waals surface area contributed by atoms with Crippen LogP contribution in [0.3, 0.4) is 0 Å². The maximum absolute atomic E-state index is 13.3. The first-order chi connectivity index (χ1) is 18.2. The molecule has 2 N–H and O–H groups in total. The Morgan fingerprint density at radius 1 is 1.16 bits per heavy atom. The van der Waals surface area contributed by atoms with Gasteiger partial charge in [-0.15, -0.1) is 0 Å². The number of carbonyl (C=O) groups excluding carboxylic acids is 2. The lowest BCUT2D eigenvalue weighted by Gasteiger charge is -2.20.